The van der Waals surface area contributed by atoms with Gasteiger partial charge >= 0.3 is 0 Å². The first-order chi connectivity index (χ1) is 5.45. The van der Waals surface area contributed by atoms with Crippen molar-refractivity contribution < 1.29 is 0 Å². The molecule has 0 aromatic heterocycles. The molecule has 2 atom stereocenters. The van der Waals surface area contributed by atoms with E-state index < -0.39 is 0 Å². The molecule has 2 rings (SSSR count). The van der Waals surface area contributed by atoms with Crippen LogP contribution in [0.1, 0.15) is 38.5 Å². The Kier molecular flexibility index (Phi) is 2.47. The van der Waals surface area contributed by atoms with E-state index in [1.807, 2.05) is 0 Å². The van der Waals surface area contributed by atoms with Crippen molar-refractivity contribution in [2.45, 2.75) is 38.5 Å². The highest BCUT2D eigenvalue weighted by Gasteiger charge is 2.20. The zero-order chi connectivity index (χ0) is 7.52. The highest BCUT2D eigenvalue weighted by Crippen LogP contribution is 2.24. The quantitative estimate of drug-likeness (QED) is 0.516. The van der Waals surface area contributed by atoms with E-state index in [2.05, 4.69) is 4.90 Å². The average molecular weight is 153 g/mol. The summed E-state index contributed by atoms with van der Waals surface area (Å²) in [5.74, 6) is 1.06. The Hall–Kier alpha value is -0.0400. The third-order valence-electron chi connectivity index (χ3n) is 3.19. The van der Waals surface area contributed by atoms with Crippen molar-refractivity contribution in [3.8, 4) is 0 Å². The molecular weight excluding hydrogens is 134 g/mol. The molecule has 0 N–H and O–H groups in total. The van der Waals surface area contributed by atoms with Gasteiger partial charge in [0, 0.05) is 6.54 Å². The van der Waals surface area contributed by atoms with Gasteiger partial charge in [-0.05, 0) is 44.7 Å². The Morgan fingerprint density at radius 1 is 0.818 bits per heavy atom. The Bertz CT molecular complexity index is 110. The number of fused-ring (bicyclic) bond motifs is 2. The molecule has 0 aliphatic carbocycles. The van der Waals surface area contributed by atoms with Gasteiger partial charge in [0.1, 0.15) is 0 Å². The van der Waals surface area contributed by atoms with E-state index in [0.29, 0.717) is 0 Å². The molecule has 64 valence electrons. The van der Waals surface area contributed by atoms with Crippen LogP contribution < -0.4 is 0 Å². The summed E-state index contributed by atoms with van der Waals surface area (Å²) in [6.45, 7) is 4.19. The molecule has 0 aromatic carbocycles. The Labute approximate surface area is 69.8 Å². The van der Waals surface area contributed by atoms with Crippen molar-refractivity contribution in [2.24, 2.45) is 5.92 Å². The van der Waals surface area contributed by atoms with Gasteiger partial charge < -0.3 is 4.90 Å². The summed E-state index contributed by atoms with van der Waals surface area (Å²) in [5.41, 5.74) is 0. The van der Waals surface area contributed by atoms with E-state index >= 15 is 0 Å². The van der Waals surface area contributed by atoms with Gasteiger partial charge in [0.2, 0.25) is 0 Å². The van der Waals surface area contributed by atoms with Crippen LogP contribution >= 0.6 is 0 Å². The predicted octanol–water partition coefficient (Wildman–Crippen LogP) is 2.27. The summed E-state index contributed by atoms with van der Waals surface area (Å²) >= 11 is 0. The monoisotopic (exact) mass is 153 g/mol. The molecule has 0 radical (unpaired) electrons. The van der Waals surface area contributed by atoms with Gasteiger partial charge in [0.15, 0.2) is 0 Å². The van der Waals surface area contributed by atoms with Gasteiger partial charge in [-0.3, -0.25) is 0 Å². The number of hydrogen-bond acceptors (Lipinski definition) is 1. The SMILES string of the molecule is C1CCC2CCCN(CC1)C2. The molecule has 2 aliphatic rings. The Morgan fingerprint density at radius 3 is 2.64 bits per heavy atom. The fourth-order valence-corrected chi connectivity index (χ4v) is 2.54. The van der Waals surface area contributed by atoms with Crippen LogP contribution in [0.3, 0.4) is 0 Å². The van der Waals surface area contributed by atoms with Crippen LogP contribution in [-0.2, 0) is 0 Å². The highest BCUT2D eigenvalue weighted by molar-refractivity contribution is 4.74. The summed E-state index contributed by atoms with van der Waals surface area (Å²) in [7, 11) is 0. The van der Waals surface area contributed by atoms with Gasteiger partial charge in [0.05, 0.1) is 0 Å². The highest BCUT2D eigenvalue weighted by atomic mass is 15.1. The summed E-state index contributed by atoms with van der Waals surface area (Å²) in [5, 5.41) is 0. The van der Waals surface area contributed by atoms with Gasteiger partial charge in [-0.25, -0.2) is 0 Å². The van der Waals surface area contributed by atoms with Crippen molar-refractivity contribution >= 4 is 0 Å². The lowest BCUT2D eigenvalue weighted by molar-refractivity contribution is 0.150. The minimum absolute atomic E-state index is 1.06. The molecule has 0 spiro atoms. The molecule has 2 fully saturated rings. The fraction of sp³-hybridized carbons (Fsp3) is 1.00. The van der Waals surface area contributed by atoms with Crippen molar-refractivity contribution in [1.82, 2.24) is 4.90 Å². The zero-order valence-corrected chi connectivity index (χ0v) is 7.39. The number of piperidine rings is 1. The van der Waals surface area contributed by atoms with Crippen LogP contribution in [0, 0.1) is 5.92 Å². The molecule has 0 aromatic rings. The maximum atomic E-state index is 2.67. The van der Waals surface area contributed by atoms with Crippen LogP contribution in [0.25, 0.3) is 0 Å². The van der Waals surface area contributed by atoms with E-state index in [1.165, 1.54) is 58.2 Å². The first-order valence-corrected chi connectivity index (χ1v) is 5.17. The van der Waals surface area contributed by atoms with Crippen LogP contribution in [0.2, 0.25) is 0 Å². The largest absolute Gasteiger partial charge is 0.303 e. The topological polar surface area (TPSA) is 3.24 Å². The van der Waals surface area contributed by atoms with Gasteiger partial charge in [0.25, 0.3) is 0 Å². The molecule has 0 saturated carbocycles. The average Bonchev–Trinajstić information content (AvgIpc) is 2.02. The molecule has 1 heteroatoms. The van der Waals surface area contributed by atoms with Crippen molar-refractivity contribution in [1.29, 1.82) is 0 Å². The third kappa shape index (κ3) is 1.96. The predicted molar refractivity (Wildman–Crippen MR) is 47.6 cm³/mol. The van der Waals surface area contributed by atoms with Crippen LogP contribution in [-0.4, -0.2) is 24.5 Å². The van der Waals surface area contributed by atoms with E-state index in [0.717, 1.165) is 5.92 Å². The number of nitrogens with zero attached hydrogens (tertiary/aromatic N) is 1. The fourth-order valence-electron chi connectivity index (χ4n) is 2.54. The van der Waals surface area contributed by atoms with E-state index in [1.54, 1.807) is 0 Å². The smallest absolute Gasteiger partial charge is 0.000966 e. The second kappa shape index (κ2) is 3.57. The molecule has 2 heterocycles. The summed E-state index contributed by atoms with van der Waals surface area (Å²) in [6.07, 6.45) is 8.91. The lowest BCUT2D eigenvalue weighted by atomic mass is 9.90. The standard InChI is InChI=1S/C10H19N/c1-2-5-10-6-4-8-11(9-10)7-3-1/h10H,1-9H2. The Morgan fingerprint density at radius 2 is 1.64 bits per heavy atom. The van der Waals surface area contributed by atoms with E-state index in [4.69, 9.17) is 0 Å². The number of hydrogen-bond donors (Lipinski definition) is 0. The molecule has 2 unspecified atom stereocenters. The van der Waals surface area contributed by atoms with Crippen molar-refractivity contribution in [2.75, 3.05) is 19.6 Å². The molecular formula is C10H19N. The van der Waals surface area contributed by atoms with E-state index in [9.17, 15) is 0 Å². The minimum atomic E-state index is 1.06. The molecule has 1 nitrogen and oxygen atoms in total. The second-order valence-electron chi connectivity index (χ2n) is 4.16. The second-order valence-corrected chi connectivity index (χ2v) is 4.16. The van der Waals surface area contributed by atoms with Gasteiger partial charge in [-0.2, -0.15) is 0 Å². The zero-order valence-electron chi connectivity index (χ0n) is 7.39. The van der Waals surface area contributed by atoms with Crippen LogP contribution in [0.4, 0.5) is 0 Å². The first-order valence-electron chi connectivity index (χ1n) is 5.17. The van der Waals surface area contributed by atoms with Crippen LogP contribution in [0.5, 0.6) is 0 Å². The third-order valence-corrected chi connectivity index (χ3v) is 3.19. The first kappa shape index (κ1) is 7.60. The lowest BCUT2D eigenvalue weighted by Crippen LogP contribution is -2.37. The van der Waals surface area contributed by atoms with Gasteiger partial charge in [-0.15, -0.1) is 0 Å². The van der Waals surface area contributed by atoms with E-state index in [-0.39, 0.29) is 0 Å². The van der Waals surface area contributed by atoms with Crippen LogP contribution in [0.15, 0.2) is 0 Å². The van der Waals surface area contributed by atoms with Crippen molar-refractivity contribution in [3.05, 3.63) is 0 Å². The minimum Gasteiger partial charge on any atom is -0.303 e. The molecule has 2 saturated heterocycles. The van der Waals surface area contributed by atoms with Gasteiger partial charge in [-0.1, -0.05) is 12.8 Å². The summed E-state index contributed by atoms with van der Waals surface area (Å²) < 4.78 is 0. The molecule has 0 amide bonds. The molecule has 2 aliphatic heterocycles. The summed E-state index contributed by atoms with van der Waals surface area (Å²) in [4.78, 5) is 2.67. The molecule has 2 bridgehead atoms. The normalized spacial score (nSPS) is 39.3. The number of rotatable bonds is 0. The lowest BCUT2D eigenvalue weighted by Gasteiger charge is -2.34. The maximum absolute atomic E-state index is 2.67. The Balaban J connectivity index is 1.90. The molecule has 11 heavy (non-hydrogen) atoms. The summed E-state index contributed by atoms with van der Waals surface area (Å²) in [6, 6.07) is 0. The maximum Gasteiger partial charge on any atom is 0.000966 e. The van der Waals surface area contributed by atoms with Crippen molar-refractivity contribution in [3.63, 3.8) is 0 Å².